The number of fused-ring (bicyclic) bond motifs is 1. The Hall–Kier alpha value is -2.06. The van der Waals surface area contributed by atoms with Crippen molar-refractivity contribution >= 4 is 28.3 Å². The molecule has 0 fully saturated rings. The summed E-state index contributed by atoms with van der Waals surface area (Å²) in [5, 5.41) is 1.39. The van der Waals surface area contributed by atoms with Gasteiger partial charge in [0, 0.05) is 28.2 Å². The number of carbonyl (C=O) groups excluding carboxylic acids is 1. The van der Waals surface area contributed by atoms with Crippen molar-refractivity contribution in [3.63, 3.8) is 0 Å². The monoisotopic (exact) mass is 283 g/mol. The number of rotatable bonds is 3. The van der Waals surface area contributed by atoms with Gasteiger partial charge in [-0.3, -0.25) is 4.79 Å². The van der Waals surface area contributed by atoms with Gasteiger partial charge in [0.05, 0.1) is 5.02 Å². The standard InChI is InChI=1S/C17H14ClNO/c1-2-11-6-3-4-7-12(11)17(20)13-10-19-15-9-5-8-14(18)16(13)15/h3-10,19H,2H2,1H3. The highest BCUT2D eigenvalue weighted by atomic mass is 35.5. The first-order valence-electron chi connectivity index (χ1n) is 6.60. The van der Waals surface area contributed by atoms with Crippen LogP contribution in [0.2, 0.25) is 5.02 Å². The molecule has 0 saturated carbocycles. The average molecular weight is 284 g/mol. The summed E-state index contributed by atoms with van der Waals surface area (Å²) in [6.45, 7) is 2.05. The van der Waals surface area contributed by atoms with Crippen LogP contribution in [-0.2, 0) is 6.42 Å². The van der Waals surface area contributed by atoms with E-state index < -0.39 is 0 Å². The number of hydrogen-bond acceptors (Lipinski definition) is 1. The van der Waals surface area contributed by atoms with Gasteiger partial charge in [-0.2, -0.15) is 0 Å². The number of hydrogen-bond donors (Lipinski definition) is 1. The van der Waals surface area contributed by atoms with E-state index in [1.54, 1.807) is 12.3 Å². The largest absolute Gasteiger partial charge is 0.360 e. The molecule has 0 saturated heterocycles. The van der Waals surface area contributed by atoms with Crippen LogP contribution in [0.25, 0.3) is 10.9 Å². The Kier molecular flexibility index (Phi) is 3.33. The SMILES string of the molecule is CCc1ccccc1C(=O)c1c[nH]c2cccc(Cl)c12. The lowest BCUT2D eigenvalue weighted by Gasteiger charge is -2.06. The van der Waals surface area contributed by atoms with Gasteiger partial charge in [0.25, 0.3) is 0 Å². The van der Waals surface area contributed by atoms with E-state index in [2.05, 4.69) is 4.98 Å². The fraction of sp³-hybridized carbons (Fsp3) is 0.118. The Morgan fingerprint density at radius 3 is 2.70 bits per heavy atom. The zero-order valence-electron chi connectivity index (χ0n) is 11.1. The summed E-state index contributed by atoms with van der Waals surface area (Å²) in [6.07, 6.45) is 2.57. The summed E-state index contributed by atoms with van der Waals surface area (Å²) in [7, 11) is 0. The molecule has 3 aromatic rings. The number of aromatic nitrogens is 1. The quantitative estimate of drug-likeness (QED) is 0.699. The van der Waals surface area contributed by atoms with Crippen molar-refractivity contribution in [2.75, 3.05) is 0 Å². The van der Waals surface area contributed by atoms with Gasteiger partial charge in [-0.1, -0.05) is 48.9 Å². The second kappa shape index (κ2) is 5.14. The minimum Gasteiger partial charge on any atom is -0.360 e. The van der Waals surface area contributed by atoms with Crippen LogP contribution in [0.3, 0.4) is 0 Å². The second-order valence-corrected chi connectivity index (χ2v) is 5.11. The predicted molar refractivity (Wildman–Crippen MR) is 82.6 cm³/mol. The van der Waals surface area contributed by atoms with Crippen LogP contribution in [0.5, 0.6) is 0 Å². The number of aromatic amines is 1. The average Bonchev–Trinajstić information content (AvgIpc) is 2.92. The lowest BCUT2D eigenvalue weighted by atomic mass is 9.97. The van der Waals surface area contributed by atoms with Gasteiger partial charge in [0.1, 0.15) is 0 Å². The van der Waals surface area contributed by atoms with E-state index in [9.17, 15) is 4.79 Å². The molecule has 1 aromatic heterocycles. The first-order chi connectivity index (χ1) is 9.72. The van der Waals surface area contributed by atoms with Gasteiger partial charge >= 0.3 is 0 Å². The Morgan fingerprint density at radius 2 is 1.90 bits per heavy atom. The number of nitrogens with one attached hydrogen (secondary N) is 1. The lowest BCUT2D eigenvalue weighted by molar-refractivity contribution is 0.103. The van der Waals surface area contributed by atoms with Crippen LogP contribution in [0.4, 0.5) is 0 Å². The highest BCUT2D eigenvalue weighted by Crippen LogP contribution is 2.28. The normalized spacial score (nSPS) is 10.9. The zero-order valence-corrected chi connectivity index (χ0v) is 11.9. The molecule has 2 aromatic carbocycles. The summed E-state index contributed by atoms with van der Waals surface area (Å²) in [5.74, 6) is 0.0156. The molecule has 3 heteroatoms. The molecular formula is C17H14ClNO. The maximum absolute atomic E-state index is 12.8. The van der Waals surface area contributed by atoms with Crippen molar-refractivity contribution in [1.29, 1.82) is 0 Å². The van der Waals surface area contributed by atoms with Gasteiger partial charge in [0.15, 0.2) is 5.78 Å². The Bertz CT molecular complexity index is 789. The third-order valence-electron chi connectivity index (χ3n) is 3.54. The molecule has 0 amide bonds. The molecule has 0 bridgehead atoms. The van der Waals surface area contributed by atoms with Crippen molar-refractivity contribution in [3.05, 3.63) is 70.4 Å². The summed E-state index contributed by atoms with van der Waals surface area (Å²) in [4.78, 5) is 15.9. The molecule has 20 heavy (non-hydrogen) atoms. The second-order valence-electron chi connectivity index (χ2n) is 4.70. The highest BCUT2D eigenvalue weighted by molar-refractivity contribution is 6.37. The molecule has 0 unspecified atom stereocenters. The molecule has 2 nitrogen and oxygen atoms in total. The minimum absolute atomic E-state index is 0.0156. The van der Waals surface area contributed by atoms with Gasteiger partial charge in [0.2, 0.25) is 0 Å². The third-order valence-corrected chi connectivity index (χ3v) is 3.86. The van der Waals surface area contributed by atoms with E-state index in [1.807, 2.05) is 43.3 Å². The van der Waals surface area contributed by atoms with E-state index in [0.717, 1.165) is 28.5 Å². The van der Waals surface area contributed by atoms with Gasteiger partial charge < -0.3 is 4.98 Å². The number of halogens is 1. The molecule has 1 heterocycles. The number of ketones is 1. The zero-order chi connectivity index (χ0) is 14.1. The van der Waals surface area contributed by atoms with E-state index in [4.69, 9.17) is 11.6 Å². The van der Waals surface area contributed by atoms with Crippen LogP contribution in [0.15, 0.2) is 48.7 Å². The van der Waals surface area contributed by atoms with Crippen molar-refractivity contribution in [2.24, 2.45) is 0 Å². The molecule has 0 radical (unpaired) electrons. The lowest BCUT2D eigenvalue weighted by Crippen LogP contribution is -2.04. The van der Waals surface area contributed by atoms with Crippen molar-refractivity contribution < 1.29 is 4.79 Å². The van der Waals surface area contributed by atoms with Crippen LogP contribution in [0, 0.1) is 0 Å². The fourth-order valence-corrected chi connectivity index (χ4v) is 2.79. The molecule has 0 aliphatic rings. The molecule has 0 aliphatic carbocycles. The topological polar surface area (TPSA) is 32.9 Å². The van der Waals surface area contributed by atoms with Crippen LogP contribution < -0.4 is 0 Å². The Morgan fingerprint density at radius 1 is 1.10 bits per heavy atom. The summed E-state index contributed by atoms with van der Waals surface area (Å²) in [6, 6.07) is 13.3. The molecule has 0 atom stereocenters. The van der Waals surface area contributed by atoms with Crippen LogP contribution in [-0.4, -0.2) is 10.8 Å². The van der Waals surface area contributed by atoms with E-state index in [-0.39, 0.29) is 5.78 Å². The molecular weight excluding hydrogens is 270 g/mol. The number of H-pyrrole nitrogens is 1. The van der Waals surface area contributed by atoms with Gasteiger partial charge in [-0.05, 0) is 24.1 Å². The van der Waals surface area contributed by atoms with Gasteiger partial charge in [-0.15, -0.1) is 0 Å². The van der Waals surface area contributed by atoms with Crippen LogP contribution in [0.1, 0.15) is 28.4 Å². The maximum Gasteiger partial charge on any atom is 0.195 e. The first-order valence-corrected chi connectivity index (χ1v) is 6.98. The fourth-order valence-electron chi connectivity index (χ4n) is 2.51. The highest BCUT2D eigenvalue weighted by Gasteiger charge is 2.17. The van der Waals surface area contributed by atoms with E-state index >= 15 is 0 Å². The Balaban J connectivity index is 2.18. The molecule has 100 valence electrons. The Labute approximate surface area is 122 Å². The van der Waals surface area contributed by atoms with E-state index in [1.165, 1.54) is 0 Å². The minimum atomic E-state index is 0.0156. The smallest absolute Gasteiger partial charge is 0.195 e. The van der Waals surface area contributed by atoms with E-state index in [0.29, 0.717) is 10.6 Å². The summed E-state index contributed by atoms with van der Waals surface area (Å²) in [5.41, 5.74) is 3.32. The molecule has 0 aliphatic heterocycles. The van der Waals surface area contributed by atoms with Gasteiger partial charge in [-0.25, -0.2) is 0 Å². The maximum atomic E-state index is 12.8. The number of carbonyl (C=O) groups is 1. The molecule has 1 N–H and O–H groups in total. The van der Waals surface area contributed by atoms with Crippen molar-refractivity contribution in [2.45, 2.75) is 13.3 Å². The predicted octanol–water partition coefficient (Wildman–Crippen LogP) is 4.61. The number of benzene rings is 2. The third kappa shape index (κ3) is 2.02. The first kappa shape index (κ1) is 12.9. The summed E-state index contributed by atoms with van der Waals surface area (Å²) < 4.78 is 0. The molecule has 0 spiro atoms. The summed E-state index contributed by atoms with van der Waals surface area (Å²) >= 11 is 6.24. The van der Waals surface area contributed by atoms with Crippen molar-refractivity contribution in [3.8, 4) is 0 Å². The van der Waals surface area contributed by atoms with Crippen LogP contribution >= 0.6 is 11.6 Å². The van der Waals surface area contributed by atoms with Crippen molar-refractivity contribution in [1.82, 2.24) is 4.98 Å². The molecule has 3 rings (SSSR count). The number of aryl methyl sites for hydroxylation is 1.